The molecule has 0 saturated carbocycles. The van der Waals surface area contributed by atoms with E-state index < -0.39 is 12.1 Å². The van der Waals surface area contributed by atoms with Gasteiger partial charge in [-0.25, -0.2) is 0 Å². The Morgan fingerprint density at radius 3 is 0.921 bits per heavy atom. The summed E-state index contributed by atoms with van der Waals surface area (Å²) in [6.45, 7) is 4.17. The second-order valence-electron chi connectivity index (χ2n) is 20.4. The third kappa shape index (κ3) is 60.6. The lowest BCUT2D eigenvalue weighted by Gasteiger charge is -2.19. The quantitative estimate of drug-likeness (QED) is 0.0420. The van der Waals surface area contributed by atoms with Gasteiger partial charge in [-0.3, -0.25) is 4.79 Å². The van der Waals surface area contributed by atoms with Gasteiger partial charge in [-0.2, -0.15) is 0 Å². The minimum atomic E-state index is -0.888. The van der Waals surface area contributed by atoms with E-state index in [-0.39, 0.29) is 12.5 Å². The van der Waals surface area contributed by atoms with Crippen LogP contribution in [0, 0.1) is 0 Å². The largest absolute Gasteiger partial charge is 0.394 e. The van der Waals surface area contributed by atoms with E-state index in [0.29, 0.717) is 6.42 Å². The van der Waals surface area contributed by atoms with Crippen molar-refractivity contribution in [3.63, 3.8) is 0 Å². The molecule has 4 heteroatoms. The third-order valence-corrected chi connectivity index (χ3v) is 13.2. The first kappa shape index (κ1) is 71.8. The smallest absolute Gasteiger partial charge is 0.220 e. The molecule has 0 rings (SSSR count). The monoisotopic (exact) mass is 1040 g/mol. The van der Waals surface area contributed by atoms with E-state index in [4.69, 9.17) is 0 Å². The number of hydrogen-bond donors (Lipinski definition) is 3. The van der Waals surface area contributed by atoms with E-state index in [9.17, 15) is 15.0 Å². The van der Waals surface area contributed by atoms with E-state index in [0.717, 1.165) is 122 Å². The van der Waals surface area contributed by atoms with Crippen molar-refractivity contribution in [2.45, 2.75) is 270 Å². The van der Waals surface area contributed by atoms with Crippen LogP contribution < -0.4 is 5.32 Å². The highest BCUT2D eigenvalue weighted by atomic mass is 16.3. The predicted octanol–water partition coefficient (Wildman–Crippen LogP) is 21.5. The minimum absolute atomic E-state index is 0.0952. The van der Waals surface area contributed by atoms with Crippen LogP contribution in [0.4, 0.5) is 0 Å². The molecule has 428 valence electrons. The molecule has 0 aromatic carbocycles. The number of amides is 1. The molecule has 3 N–H and O–H groups in total. The lowest BCUT2D eigenvalue weighted by atomic mass is 10.0. The van der Waals surface area contributed by atoms with Crippen molar-refractivity contribution in [2.24, 2.45) is 0 Å². The molecule has 76 heavy (non-hydrogen) atoms. The van der Waals surface area contributed by atoms with Gasteiger partial charge in [0.15, 0.2) is 0 Å². The summed E-state index contributed by atoms with van der Waals surface area (Å²) in [5.74, 6) is -0.0952. The highest BCUT2D eigenvalue weighted by Gasteiger charge is 2.18. The maximum absolute atomic E-state index is 12.5. The normalized spacial score (nSPS) is 14.0. The summed E-state index contributed by atoms with van der Waals surface area (Å²) < 4.78 is 0. The molecule has 0 spiro atoms. The van der Waals surface area contributed by atoms with Crippen molar-refractivity contribution in [2.75, 3.05) is 6.61 Å². The van der Waals surface area contributed by atoms with Gasteiger partial charge >= 0.3 is 0 Å². The molecule has 0 saturated heterocycles. The fourth-order valence-electron chi connectivity index (χ4n) is 8.45. The SMILES string of the molecule is CC/C=C\C/C=C\C/C=C\C/C=C\C/C=C\C/C=C\C/C=C\C/C=C\C/C=C\C/C=C\C/C=C\CCCCCCCCCC(=O)NC(CO)C(O)/C=C/CC/C=C/CC/C=C/CCCCCCCCCCCCCCC. The van der Waals surface area contributed by atoms with Crippen molar-refractivity contribution in [1.29, 1.82) is 0 Å². The number of nitrogens with one attached hydrogen (secondary N) is 1. The van der Waals surface area contributed by atoms with Crippen LogP contribution in [0.1, 0.15) is 258 Å². The van der Waals surface area contributed by atoms with Crippen LogP contribution in [-0.4, -0.2) is 34.9 Å². The van der Waals surface area contributed by atoms with Gasteiger partial charge in [0.25, 0.3) is 0 Å². The van der Waals surface area contributed by atoms with Gasteiger partial charge in [0.1, 0.15) is 0 Å². The van der Waals surface area contributed by atoms with Crippen LogP contribution in [-0.2, 0) is 4.79 Å². The molecule has 0 radical (unpaired) electrons. The highest BCUT2D eigenvalue weighted by molar-refractivity contribution is 5.76. The minimum Gasteiger partial charge on any atom is -0.394 e. The standard InChI is InChI=1S/C72H117NO3/c1-3-5-7-9-11-13-15-17-19-21-23-25-27-28-29-30-31-32-33-34-35-36-37-38-39-40-41-42-43-44-46-48-50-52-54-56-58-60-62-64-66-68-72(76)73-70(69-74)71(75)67-65-63-61-59-57-55-53-51-49-47-45-26-24-22-20-18-16-14-12-10-8-6-4-2/h5,7,11,13,17,19,23,25,28-29,31-32,34-35,37-38,40-41,43-44,48-51,57,59,65,67,70-71,74-75H,3-4,6,8-10,12,14-16,18,20-22,24,26-27,30,33,36,39,42,45-47,52-56,58,60-64,66,68-69H2,1-2H3,(H,73,76)/b7-5-,13-11-,19-17-,25-23-,29-28-,32-31-,35-34-,38-37-,41-40-,44-43-,50-48-,51-49+,59-57+,67-65+. The topological polar surface area (TPSA) is 69.6 Å². The van der Waals surface area contributed by atoms with E-state index in [1.165, 1.54) is 116 Å². The van der Waals surface area contributed by atoms with Crippen molar-refractivity contribution in [3.05, 3.63) is 170 Å². The Kier molecular flexibility index (Phi) is 61.4. The second-order valence-corrected chi connectivity index (χ2v) is 20.4. The number of rotatable bonds is 55. The maximum Gasteiger partial charge on any atom is 0.220 e. The number of carbonyl (C=O) groups excluding carboxylic acids is 1. The Labute approximate surface area is 470 Å². The van der Waals surface area contributed by atoms with Crippen molar-refractivity contribution in [3.8, 4) is 0 Å². The van der Waals surface area contributed by atoms with Crippen LogP contribution in [0.2, 0.25) is 0 Å². The average molecular weight is 1040 g/mol. The molecule has 1 amide bonds. The van der Waals surface area contributed by atoms with Crippen molar-refractivity contribution >= 4 is 5.91 Å². The number of aliphatic hydroxyl groups excluding tert-OH is 2. The molecule has 0 fully saturated rings. The van der Waals surface area contributed by atoms with E-state index in [1.54, 1.807) is 6.08 Å². The van der Waals surface area contributed by atoms with E-state index in [2.05, 4.69) is 177 Å². The lowest BCUT2D eigenvalue weighted by Crippen LogP contribution is -2.45. The Morgan fingerprint density at radius 2 is 0.592 bits per heavy atom. The highest BCUT2D eigenvalue weighted by Crippen LogP contribution is 2.14. The van der Waals surface area contributed by atoms with Gasteiger partial charge in [-0.15, -0.1) is 0 Å². The Morgan fingerprint density at radius 1 is 0.329 bits per heavy atom. The number of hydrogen-bond acceptors (Lipinski definition) is 3. The van der Waals surface area contributed by atoms with E-state index in [1.807, 2.05) is 6.08 Å². The maximum atomic E-state index is 12.5. The van der Waals surface area contributed by atoms with Gasteiger partial charge in [0.2, 0.25) is 5.91 Å². The molecule has 0 aliphatic heterocycles. The van der Waals surface area contributed by atoms with Gasteiger partial charge in [0, 0.05) is 6.42 Å². The molecular formula is C72H117NO3. The van der Waals surface area contributed by atoms with Crippen LogP contribution in [0.15, 0.2) is 170 Å². The Hall–Kier alpha value is -4.25. The second kappa shape index (κ2) is 65.0. The van der Waals surface area contributed by atoms with Crippen molar-refractivity contribution in [1.82, 2.24) is 5.32 Å². The molecular weight excluding hydrogens is 927 g/mol. The van der Waals surface area contributed by atoms with Crippen LogP contribution in [0.25, 0.3) is 0 Å². The molecule has 2 atom stereocenters. The molecule has 0 aliphatic carbocycles. The van der Waals surface area contributed by atoms with Crippen LogP contribution in [0.3, 0.4) is 0 Å². The summed E-state index contributed by atoms with van der Waals surface area (Å²) in [7, 11) is 0. The average Bonchev–Trinajstić information content (AvgIpc) is 3.42. The zero-order valence-electron chi connectivity index (χ0n) is 49.2. The summed E-state index contributed by atoms with van der Waals surface area (Å²) in [6.07, 6.45) is 105. The number of aliphatic hydroxyl groups is 2. The van der Waals surface area contributed by atoms with Crippen LogP contribution >= 0.6 is 0 Å². The fraction of sp³-hybridized carbons (Fsp3) is 0.597. The molecule has 0 aromatic rings. The third-order valence-electron chi connectivity index (χ3n) is 13.2. The molecule has 0 heterocycles. The number of carbonyl (C=O) groups is 1. The van der Waals surface area contributed by atoms with E-state index >= 15 is 0 Å². The number of unbranched alkanes of at least 4 members (excludes halogenated alkanes) is 22. The Balaban J connectivity index is 3.69. The van der Waals surface area contributed by atoms with Crippen LogP contribution in [0.5, 0.6) is 0 Å². The molecule has 4 nitrogen and oxygen atoms in total. The summed E-state index contributed by atoms with van der Waals surface area (Å²) in [6, 6.07) is -0.665. The zero-order valence-corrected chi connectivity index (χ0v) is 49.2. The lowest BCUT2D eigenvalue weighted by molar-refractivity contribution is -0.123. The molecule has 2 unspecified atom stereocenters. The first-order valence-electron chi connectivity index (χ1n) is 31.3. The first-order chi connectivity index (χ1) is 37.7. The van der Waals surface area contributed by atoms with Gasteiger partial charge < -0.3 is 15.5 Å². The molecule has 0 bridgehead atoms. The van der Waals surface area contributed by atoms with Crippen molar-refractivity contribution < 1.29 is 15.0 Å². The Bertz CT molecular complexity index is 1660. The zero-order chi connectivity index (χ0) is 54.8. The summed E-state index contributed by atoms with van der Waals surface area (Å²) in [5, 5.41) is 23.2. The summed E-state index contributed by atoms with van der Waals surface area (Å²) in [4.78, 5) is 12.5. The van der Waals surface area contributed by atoms with Gasteiger partial charge in [-0.1, -0.05) is 293 Å². The van der Waals surface area contributed by atoms with Gasteiger partial charge in [0.05, 0.1) is 18.8 Å². The summed E-state index contributed by atoms with van der Waals surface area (Å²) in [5.41, 5.74) is 0. The van der Waals surface area contributed by atoms with Gasteiger partial charge in [-0.05, 0) is 128 Å². The predicted molar refractivity (Wildman–Crippen MR) is 340 cm³/mol. The molecule has 0 aromatic heterocycles. The first-order valence-corrected chi connectivity index (χ1v) is 31.3. The molecule has 0 aliphatic rings. The fourth-order valence-corrected chi connectivity index (χ4v) is 8.45. The number of allylic oxidation sites excluding steroid dienone is 27. The summed E-state index contributed by atoms with van der Waals surface area (Å²) >= 11 is 0.